The van der Waals surface area contributed by atoms with Crippen LogP contribution in [0.3, 0.4) is 0 Å². The van der Waals surface area contributed by atoms with Gasteiger partial charge >= 0.3 is 0 Å². The number of aromatic hydroxyl groups is 1. The van der Waals surface area contributed by atoms with Crippen LogP contribution in [0, 0.1) is 0 Å². The lowest BCUT2D eigenvalue weighted by atomic mass is 9.87. The topological polar surface area (TPSA) is 51.2 Å². The third kappa shape index (κ3) is 4.29. The Kier molecular flexibility index (Phi) is 6.25. The molecule has 0 fully saturated rings. The number of nitrogens with zero attached hydrogens (tertiary/aromatic N) is 1. The number of phenolic OH excluding ortho intramolecular Hbond substituents is 1. The molecular weight excluding hydrogens is 414 g/mol. The molecular formula is C25H26ClNO4. The summed E-state index contributed by atoms with van der Waals surface area (Å²) in [5, 5.41) is 10.9. The molecule has 3 aromatic rings. The van der Waals surface area contributed by atoms with Gasteiger partial charge in [-0.3, -0.25) is 4.90 Å². The summed E-state index contributed by atoms with van der Waals surface area (Å²) in [6, 6.07) is 17.6. The van der Waals surface area contributed by atoms with Crippen LogP contribution >= 0.6 is 11.6 Å². The Balaban J connectivity index is 1.78. The van der Waals surface area contributed by atoms with Gasteiger partial charge in [-0.1, -0.05) is 29.8 Å². The molecule has 0 unspecified atom stereocenters. The van der Waals surface area contributed by atoms with Gasteiger partial charge in [0.05, 0.1) is 27.4 Å². The summed E-state index contributed by atoms with van der Waals surface area (Å²) in [5.41, 5.74) is 4.52. The van der Waals surface area contributed by atoms with Crippen LogP contribution in [0.2, 0.25) is 5.02 Å². The molecule has 1 atom stereocenters. The van der Waals surface area contributed by atoms with Gasteiger partial charge < -0.3 is 19.3 Å². The van der Waals surface area contributed by atoms with Gasteiger partial charge in [0.2, 0.25) is 0 Å². The van der Waals surface area contributed by atoms with Gasteiger partial charge in [0.1, 0.15) is 0 Å². The van der Waals surface area contributed by atoms with Crippen molar-refractivity contribution in [3.63, 3.8) is 0 Å². The van der Waals surface area contributed by atoms with E-state index in [4.69, 9.17) is 25.8 Å². The number of fused-ring (bicyclic) bond motifs is 1. The number of ether oxygens (including phenoxy) is 3. The molecule has 0 saturated carbocycles. The fourth-order valence-corrected chi connectivity index (χ4v) is 4.50. The summed E-state index contributed by atoms with van der Waals surface area (Å²) in [5.74, 6) is 2.05. The molecule has 1 aliphatic heterocycles. The number of hydrogen-bond donors (Lipinski definition) is 1. The van der Waals surface area contributed by atoms with Gasteiger partial charge in [-0.2, -0.15) is 0 Å². The normalized spacial score (nSPS) is 15.9. The lowest BCUT2D eigenvalue weighted by Crippen LogP contribution is -2.35. The van der Waals surface area contributed by atoms with Crippen molar-refractivity contribution in [2.75, 3.05) is 27.9 Å². The summed E-state index contributed by atoms with van der Waals surface area (Å²) in [6.07, 6.45) is 0.884. The zero-order valence-electron chi connectivity index (χ0n) is 17.9. The first-order chi connectivity index (χ1) is 15.0. The Morgan fingerprint density at radius 2 is 1.68 bits per heavy atom. The Labute approximate surface area is 187 Å². The number of hydrogen-bond acceptors (Lipinski definition) is 5. The summed E-state index contributed by atoms with van der Waals surface area (Å²) >= 11 is 6.35. The van der Waals surface area contributed by atoms with Crippen molar-refractivity contribution in [2.45, 2.75) is 19.0 Å². The van der Waals surface area contributed by atoms with Crippen molar-refractivity contribution in [1.29, 1.82) is 0 Å². The Hall–Kier alpha value is -2.89. The highest BCUT2D eigenvalue weighted by molar-refractivity contribution is 6.30. The minimum atomic E-state index is -0.00787. The van der Waals surface area contributed by atoms with E-state index in [1.165, 1.54) is 11.1 Å². The van der Waals surface area contributed by atoms with E-state index >= 15 is 0 Å². The maximum Gasteiger partial charge on any atom is 0.161 e. The first kappa shape index (κ1) is 21.3. The van der Waals surface area contributed by atoms with Crippen molar-refractivity contribution in [3.05, 3.63) is 81.9 Å². The highest BCUT2D eigenvalue weighted by Gasteiger charge is 2.30. The van der Waals surface area contributed by atoms with E-state index in [-0.39, 0.29) is 11.8 Å². The lowest BCUT2D eigenvalue weighted by Gasteiger charge is -2.38. The van der Waals surface area contributed by atoms with Gasteiger partial charge in [0, 0.05) is 18.1 Å². The molecule has 162 valence electrons. The molecule has 0 amide bonds. The van der Waals surface area contributed by atoms with Crippen molar-refractivity contribution >= 4 is 11.6 Å². The van der Waals surface area contributed by atoms with Crippen LogP contribution in [0.1, 0.15) is 28.3 Å². The molecule has 31 heavy (non-hydrogen) atoms. The molecule has 0 radical (unpaired) electrons. The smallest absolute Gasteiger partial charge is 0.161 e. The van der Waals surface area contributed by atoms with E-state index in [1.54, 1.807) is 33.5 Å². The number of methoxy groups -OCH3 is 3. The largest absolute Gasteiger partial charge is 0.504 e. The summed E-state index contributed by atoms with van der Waals surface area (Å²) in [6.45, 7) is 1.52. The Morgan fingerprint density at radius 3 is 2.35 bits per heavy atom. The van der Waals surface area contributed by atoms with Gasteiger partial charge in [-0.05, 0) is 65.1 Å². The van der Waals surface area contributed by atoms with Gasteiger partial charge in [0.25, 0.3) is 0 Å². The average molecular weight is 440 g/mol. The maximum atomic E-state index is 10.2. The maximum absolute atomic E-state index is 10.2. The molecule has 5 nitrogen and oxygen atoms in total. The minimum absolute atomic E-state index is 0.00787. The Bertz CT molecular complexity index is 1090. The molecule has 0 saturated heterocycles. The number of rotatable bonds is 6. The summed E-state index contributed by atoms with van der Waals surface area (Å²) in [7, 11) is 4.86. The van der Waals surface area contributed by atoms with Crippen LogP contribution in [-0.4, -0.2) is 37.9 Å². The second-order valence-corrected chi connectivity index (χ2v) is 8.03. The third-order valence-corrected chi connectivity index (χ3v) is 6.00. The van der Waals surface area contributed by atoms with E-state index in [9.17, 15) is 5.11 Å². The number of benzene rings is 3. The van der Waals surface area contributed by atoms with E-state index in [0.717, 1.165) is 29.8 Å². The van der Waals surface area contributed by atoms with E-state index in [0.29, 0.717) is 23.1 Å². The molecule has 4 rings (SSSR count). The summed E-state index contributed by atoms with van der Waals surface area (Å²) < 4.78 is 16.3. The van der Waals surface area contributed by atoms with Crippen LogP contribution in [0.5, 0.6) is 23.0 Å². The van der Waals surface area contributed by atoms with E-state index < -0.39 is 0 Å². The molecule has 0 aliphatic carbocycles. The molecule has 0 bridgehead atoms. The number of halogens is 1. The van der Waals surface area contributed by atoms with Crippen LogP contribution in [0.4, 0.5) is 0 Å². The standard InChI is InChI=1S/C25H26ClNO4/c1-29-22-8-7-16(11-21(22)28)15-27-10-9-17-13-23(30-2)24(31-3)14-20(17)25(27)18-5-4-6-19(26)12-18/h4-8,11-14,25,28H,9-10,15H2,1-3H3/t25-/m1/s1. The van der Waals surface area contributed by atoms with Crippen molar-refractivity contribution in [2.24, 2.45) is 0 Å². The third-order valence-electron chi connectivity index (χ3n) is 5.77. The second-order valence-electron chi connectivity index (χ2n) is 7.59. The molecule has 1 N–H and O–H groups in total. The first-order valence-electron chi connectivity index (χ1n) is 10.1. The van der Waals surface area contributed by atoms with E-state index in [1.807, 2.05) is 24.3 Å². The molecule has 1 heterocycles. The fraction of sp³-hybridized carbons (Fsp3) is 0.280. The Morgan fingerprint density at radius 1 is 0.935 bits per heavy atom. The lowest BCUT2D eigenvalue weighted by molar-refractivity contribution is 0.203. The second kappa shape index (κ2) is 9.08. The minimum Gasteiger partial charge on any atom is -0.504 e. The summed E-state index contributed by atoms with van der Waals surface area (Å²) in [4.78, 5) is 2.39. The number of phenols is 1. The SMILES string of the molecule is COc1ccc(CN2CCc3cc(OC)c(OC)cc3[C@H]2c2cccc(Cl)c2)cc1O. The van der Waals surface area contributed by atoms with Crippen LogP contribution < -0.4 is 14.2 Å². The van der Waals surface area contributed by atoms with Crippen molar-refractivity contribution in [1.82, 2.24) is 4.90 Å². The van der Waals surface area contributed by atoms with Crippen LogP contribution in [0.25, 0.3) is 0 Å². The van der Waals surface area contributed by atoms with Crippen molar-refractivity contribution in [3.8, 4) is 23.0 Å². The van der Waals surface area contributed by atoms with Gasteiger partial charge in [-0.25, -0.2) is 0 Å². The van der Waals surface area contributed by atoms with Gasteiger partial charge in [0.15, 0.2) is 23.0 Å². The van der Waals surface area contributed by atoms with Crippen molar-refractivity contribution < 1.29 is 19.3 Å². The first-order valence-corrected chi connectivity index (χ1v) is 10.5. The molecule has 0 spiro atoms. The zero-order chi connectivity index (χ0) is 22.0. The van der Waals surface area contributed by atoms with Crippen LogP contribution in [0.15, 0.2) is 54.6 Å². The molecule has 3 aromatic carbocycles. The monoisotopic (exact) mass is 439 g/mol. The fourth-order valence-electron chi connectivity index (χ4n) is 4.30. The van der Waals surface area contributed by atoms with Gasteiger partial charge in [-0.15, -0.1) is 0 Å². The van der Waals surface area contributed by atoms with Crippen LogP contribution in [-0.2, 0) is 13.0 Å². The average Bonchev–Trinajstić information content (AvgIpc) is 2.78. The predicted octanol–water partition coefficient (Wildman–Crippen LogP) is 5.22. The highest BCUT2D eigenvalue weighted by atomic mass is 35.5. The highest BCUT2D eigenvalue weighted by Crippen LogP contribution is 2.42. The molecule has 0 aromatic heterocycles. The molecule has 6 heteroatoms. The zero-order valence-corrected chi connectivity index (χ0v) is 18.6. The molecule has 1 aliphatic rings. The van der Waals surface area contributed by atoms with E-state index in [2.05, 4.69) is 23.1 Å². The quantitative estimate of drug-likeness (QED) is 0.570. The predicted molar refractivity (Wildman–Crippen MR) is 122 cm³/mol.